The smallest absolute Gasteiger partial charge is 0.161 e. The summed E-state index contributed by atoms with van der Waals surface area (Å²) in [7, 11) is 0. The molecule has 0 saturated heterocycles. The molecule has 0 spiro atoms. The van der Waals surface area contributed by atoms with Gasteiger partial charge in [-0.2, -0.15) is 0 Å². The van der Waals surface area contributed by atoms with Gasteiger partial charge in [0.1, 0.15) is 29.3 Å². The van der Waals surface area contributed by atoms with Crippen molar-refractivity contribution >= 4 is 34.2 Å². The van der Waals surface area contributed by atoms with E-state index in [1.807, 2.05) is 24.3 Å². The zero-order valence-corrected chi connectivity index (χ0v) is 17.6. The summed E-state index contributed by atoms with van der Waals surface area (Å²) in [5, 5.41) is 1.21. The Morgan fingerprint density at radius 2 is 1.80 bits per heavy atom. The second-order valence-corrected chi connectivity index (χ2v) is 7.73. The minimum atomic E-state index is -0.0836. The van der Waals surface area contributed by atoms with Gasteiger partial charge in [0.05, 0.1) is 10.4 Å². The molecule has 0 atom stereocenters. The van der Waals surface area contributed by atoms with Crippen LogP contribution in [-0.2, 0) is 0 Å². The number of rotatable bonds is 5. The monoisotopic (exact) mass is 420 g/mol. The summed E-state index contributed by atoms with van der Waals surface area (Å²) < 4.78 is 7.98. The number of halogens is 1. The zero-order valence-electron chi connectivity index (χ0n) is 16.9. The third kappa shape index (κ3) is 3.62. The Morgan fingerprint density at radius 3 is 2.43 bits per heavy atom. The first kappa shape index (κ1) is 19.9. The molecule has 0 aliphatic rings. The van der Waals surface area contributed by atoms with Gasteiger partial charge < -0.3 is 15.0 Å². The van der Waals surface area contributed by atoms with E-state index in [4.69, 9.17) is 22.1 Å². The first-order chi connectivity index (χ1) is 14.3. The van der Waals surface area contributed by atoms with Gasteiger partial charge in [-0.15, -0.1) is 0 Å². The van der Waals surface area contributed by atoms with Crippen LogP contribution in [-0.4, -0.2) is 20.3 Å². The number of aromatic nitrogens is 3. The topological polar surface area (TPSA) is 83.0 Å². The molecule has 4 rings (SSSR count). The molecule has 7 heteroatoms. The Morgan fingerprint density at radius 1 is 1.10 bits per heavy atom. The van der Waals surface area contributed by atoms with Crippen LogP contribution in [0.25, 0.3) is 22.2 Å². The standard InChI is InChI=1S/C23H21ClN4O2/c1-13(2)28-11-19(21-22(25)26-12-27-23(21)28)15-4-6-16(7-5-15)30-17-8-9-18(14(3)29)20(24)10-17/h4-13H,1-3H3,(H2,25,26,27). The predicted molar refractivity (Wildman–Crippen MR) is 119 cm³/mol. The molecule has 0 amide bonds. The Balaban J connectivity index is 1.66. The van der Waals surface area contributed by atoms with Crippen LogP contribution < -0.4 is 10.5 Å². The fourth-order valence-electron chi connectivity index (χ4n) is 3.40. The number of anilines is 1. The lowest BCUT2D eigenvalue weighted by atomic mass is 10.1. The van der Waals surface area contributed by atoms with Crippen LogP contribution in [0.1, 0.15) is 37.2 Å². The molecule has 0 fully saturated rings. The first-order valence-electron chi connectivity index (χ1n) is 9.55. The van der Waals surface area contributed by atoms with Crippen molar-refractivity contribution in [3.8, 4) is 22.6 Å². The maximum atomic E-state index is 11.5. The molecule has 2 aromatic heterocycles. The van der Waals surface area contributed by atoms with E-state index >= 15 is 0 Å². The van der Waals surface area contributed by atoms with Gasteiger partial charge in [0.25, 0.3) is 0 Å². The van der Waals surface area contributed by atoms with Gasteiger partial charge in [-0.3, -0.25) is 4.79 Å². The lowest BCUT2D eigenvalue weighted by Gasteiger charge is -2.09. The number of Topliss-reactive ketones (excluding diaryl/α,β-unsaturated/α-hetero) is 1. The molecule has 2 heterocycles. The molecule has 0 aliphatic carbocycles. The van der Waals surface area contributed by atoms with Crippen LogP contribution in [0.15, 0.2) is 55.0 Å². The van der Waals surface area contributed by atoms with Crippen molar-refractivity contribution in [2.75, 3.05) is 5.73 Å². The van der Waals surface area contributed by atoms with Crippen LogP contribution >= 0.6 is 11.6 Å². The molecule has 0 saturated carbocycles. The number of ketones is 1. The summed E-state index contributed by atoms with van der Waals surface area (Å²) in [5.74, 6) is 1.59. The minimum absolute atomic E-state index is 0.0836. The highest BCUT2D eigenvalue weighted by Crippen LogP contribution is 2.35. The normalized spacial score (nSPS) is 11.2. The summed E-state index contributed by atoms with van der Waals surface area (Å²) in [4.78, 5) is 20.1. The SMILES string of the molecule is CC(=O)c1ccc(Oc2ccc(-c3cn(C(C)C)c4ncnc(N)c34)cc2)cc1Cl. The maximum Gasteiger partial charge on any atom is 0.161 e. The van der Waals surface area contributed by atoms with E-state index in [1.54, 1.807) is 18.2 Å². The first-order valence-corrected chi connectivity index (χ1v) is 9.92. The van der Waals surface area contributed by atoms with Crippen molar-refractivity contribution < 1.29 is 9.53 Å². The van der Waals surface area contributed by atoms with Gasteiger partial charge >= 0.3 is 0 Å². The number of hydrogen-bond acceptors (Lipinski definition) is 5. The van der Waals surface area contributed by atoms with E-state index < -0.39 is 0 Å². The average Bonchev–Trinajstić information content (AvgIpc) is 3.10. The van der Waals surface area contributed by atoms with Crippen molar-refractivity contribution in [2.45, 2.75) is 26.8 Å². The molecule has 4 aromatic rings. The third-order valence-corrected chi connectivity index (χ3v) is 5.23. The van der Waals surface area contributed by atoms with Crippen LogP contribution in [0.2, 0.25) is 5.02 Å². The van der Waals surface area contributed by atoms with Crippen molar-refractivity contribution in [3.05, 3.63) is 65.6 Å². The lowest BCUT2D eigenvalue weighted by molar-refractivity contribution is 0.101. The van der Waals surface area contributed by atoms with Crippen molar-refractivity contribution in [1.82, 2.24) is 14.5 Å². The Bertz CT molecular complexity index is 1250. The summed E-state index contributed by atoms with van der Waals surface area (Å²) in [5.41, 5.74) is 9.40. The Hall–Kier alpha value is -3.38. The van der Waals surface area contributed by atoms with Crippen molar-refractivity contribution in [3.63, 3.8) is 0 Å². The molecule has 0 bridgehead atoms. The highest BCUT2D eigenvalue weighted by Gasteiger charge is 2.16. The molecule has 0 aliphatic heterocycles. The molecular weight excluding hydrogens is 400 g/mol. The van der Waals surface area contributed by atoms with Gasteiger partial charge in [0.2, 0.25) is 0 Å². The number of nitrogens with two attached hydrogens (primary N) is 1. The summed E-state index contributed by atoms with van der Waals surface area (Å²) in [6.45, 7) is 5.68. The van der Waals surface area contributed by atoms with E-state index in [9.17, 15) is 4.79 Å². The maximum absolute atomic E-state index is 11.5. The van der Waals surface area contributed by atoms with Gasteiger partial charge in [-0.1, -0.05) is 23.7 Å². The second-order valence-electron chi connectivity index (χ2n) is 7.33. The minimum Gasteiger partial charge on any atom is -0.457 e. The largest absolute Gasteiger partial charge is 0.457 e. The average molecular weight is 421 g/mol. The van der Waals surface area contributed by atoms with Crippen LogP contribution in [0, 0.1) is 0 Å². The van der Waals surface area contributed by atoms with Crippen molar-refractivity contribution in [2.24, 2.45) is 0 Å². The van der Waals surface area contributed by atoms with E-state index in [2.05, 4.69) is 34.6 Å². The molecule has 30 heavy (non-hydrogen) atoms. The number of ether oxygens (including phenoxy) is 1. The quantitative estimate of drug-likeness (QED) is 0.406. The summed E-state index contributed by atoms with van der Waals surface area (Å²) in [6.07, 6.45) is 3.54. The third-order valence-electron chi connectivity index (χ3n) is 4.92. The predicted octanol–water partition coefficient (Wildman–Crippen LogP) is 5.91. The molecule has 6 nitrogen and oxygen atoms in total. The highest BCUT2D eigenvalue weighted by molar-refractivity contribution is 6.34. The fourth-order valence-corrected chi connectivity index (χ4v) is 3.71. The van der Waals surface area contributed by atoms with Gasteiger partial charge in [-0.05, 0) is 50.6 Å². The van der Waals surface area contributed by atoms with E-state index in [0.717, 1.165) is 22.2 Å². The molecule has 152 valence electrons. The second kappa shape index (κ2) is 7.80. The molecular formula is C23H21ClN4O2. The fraction of sp³-hybridized carbons (Fsp3) is 0.174. The lowest BCUT2D eigenvalue weighted by Crippen LogP contribution is -2.00. The molecule has 0 radical (unpaired) electrons. The molecule has 2 aromatic carbocycles. The number of fused-ring (bicyclic) bond motifs is 1. The van der Waals surface area contributed by atoms with E-state index in [0.29, 0.717) is 27.9 Å². The number of carbonyl (C=O) groups excluding carboxylic acids is 1. The summed E-state index contributed by atoms with van der Waals surface area (Å²) in [6, 6.07) is 12.9. The van der Waals surface area contributed by atoms with Crippen LogP contribution in [0.3, 0.4) is 0 Å². The van der Waals surface area contributed by atoms with Gasteiger partial charge in [0.15, 0.2) is 5.78 Å². The Labute approximate surface area is 179 Å². The molecule has 0 unspecified atom stereocenters. The van der Waals surface area contributed by atoms with Gasteiger partial charge in [0, 0.05) is 29.4 Å². The summed E-state index contributed by atoms with van der Waals surface area (Å²) >= 11 is 6.17. The number of carbonyl (C=O) groups is 1. The zero-order chi connectivity index (χ0) is 21.4. The number of nitrogen functional groups attached to an aromatic ring is 1. The van der Waals surface area contributed by atoms with E-state index in [-0.39, 0.29) is 11.8 Å². The Kier molecular flexibility index (Phi) is 5.18. The number of nitrogens with zero attached hydrogens (tertiary/aromatic N) is 3. The number of benzene rings is 2. The van der Waals surface area contributed by atoms with Crippen LogP contribution in [0.4, 0.5) is 5.82 Å². The van der Waals surface area contributed by atoms with Crippen molar-refractivity contribution in [1.29, 1.82) is 0 Å². The van der Waals surface area contributed by atoms with E-state index in [1.165, 1.54) is 13.3 Å². The molecule has 2 N–H and O–H groups in total. The highest BCUT2D eigenvalue weighted by atomic mass is 35.5. The number of hydrogen-bond donors (Lipinski definition) is 1. The van der Waals surface area contributed by atoms with Crippen LogP contribution in [0.5, 0.6) is 11.5 Å². The van der Waals surface area contributed by atoms with Gasteiger partial charge in [-0.25, -0.2) is 9.97 Å².